The van der Waals surface area contributed by atoms with Crippen LogP contribution < -0.4 is 9.47 Å². The van der Waals surface area contributed by atoms with Crippen LogP contribution in [0.5, 0.6) is 11.5 Å². The maximum absolute atomic E-state index is 12.1. The Hall–Kier alpha value is -1.75. The van der Waals surface area contributed by atoms with E-state index in [4.69, 9.17) is 14.2 Å². The molecule has 104 valence electrons. The molecule has 0 radical (unpaired) electrons. The van der Waals surface area contributed by atoms with Crippen LogP contribution >= 0.6 is 0 Å². The monoisotopic (exact) mass is 265 g/mol. The SMILES string of the molecule is COc1ccc(O[C@@H](C)C(=O)N2CCOCC2)cc1. The highest BCUT2D eigenvalue weighted by molar-refractivity contribution is 5.81. The molecular formula is C14H19NO4. The summed E-state index contributed by atoms with van der Waals surface area (Å²) in [5.74, 6) is 1.42. The maximum Gasteiger partial charge on any atom is 0.263 e. The molecule has 5 nitrogen and oxygen atoms in total. The first-order valence-electron chi connectivity index (χ1n) is 6.38. The Balaban J connectivity index is 1.91. The summed E-state index contributed by atoms with van der Waals surface area (Å²) in [4.78, 5) is 13.9. The molecule has 1 aromatic rings. The summed E-state index contributed by atoms with van der Waals surface area (Å²) in [6.07, 6.45) is -0.494. The molecule has 0 saturated carbocycles. The minimum absolute atomic E-state index is 0.000817. The zero-order valence-corrected chi connectivity index (χ0v) is 11.3. The van der Waals surface area contributed by atoms with Gasteiger partial charge in [0.2, 0.25) is 0 Å². The van der Waals surface area contributed by atoms with Crippen molar-refractivity contribution >= 4 is 5.91 Å². The fourth-order valence-corrected chi connectivity index (χ4v) is 1.95. The van der Waals surface area contributed by atoms with Gasteiger partial charge < -0.3 is 19.1 Å². The van der Waals surface area contributed by atoms with E-state index in [1.807, 2.05) is 0 Å². The average molecular weight is 265 g/mol. The lowest BCUT2D eigenvalue weighted by Gasteiger charge is -2.29. The van der Waals surface area contributed by atoms with Gasteiger partial charge in [0, 0.05) is 13.1 Å². The fraction of sp³-hybridized carbons (Fsp3) is 0.500. The smallest absolute Gasteiger partial charge is 0.263 e. The number of hydrogen-bond donors (Lipinski definition) is 0. The molecule has 0 N–H and O–H groups in total. The van der Waals surface area contributed by atoms with E-state index in [0.29, 0.717) is 32.1 Å². The van der Waals surface area contributed by atoms with Gasteiger partial charge in [0.25, 0.3) is 5.91 Å². The Kier molecular flexibility index (Phi) is 4.63. The summed E-state index contributed by atoms with van der Waals surface area (Å²) in [5, 5.41) is 0. The van der Waals surface area contributed by atoms with Crippen molar-refractivity contribution in [3.05, 3.63) is 24.3 Å². The van der Waals surface area contributed by atoms with Gasteiger partial charge in [-0.15, -0.1) is 0 Å². The van der Waals surface area contributed by atoms with Crippen molar-refractivity contribution in [2.45, 2.75) is 13.0 Å². The zero-order valence-electron chi connectivity index (χ0n) is 11.3. The van der Waals surface area contributed by atoms with Crippen molar-refractivity contribution in [2.24, 2.45) is 0 Å². The number of ether oxygens (including phenoxy) is 3. The summed E-state index contributed by atoms with van der Waals surface area (Å²) in [7, 11) is 1.61. The number of benzene rings is 1. The molecule has 1 aliphatic rings. The van der Waals surface area contributed by atoms with Gasteiger partial charge in [0.05, 0.1) is 20.3 Å². The van der Waals surface area contributed by atoms with Crippen LogP contribution in [0.3, 0.4) is 0 Å². The molecule has 0 unspecified atom stereocenters. The van der Waals surface area contributed by atoms with Crippen LogP contribution in [0.4, 0.5) is 0 Å². The Labute approximate surface area is 113 Å². The highest BCUT2D eigenvalue weighted by Crippen LogP contribution is 2.18. The molecule has 1 amide bonds. The van der Waals surface area contributed by atoms with Crippen molar-refractivity contribution in [3.8, 4) is 11.5 Å². The molecule has 1 atom stereocenters. The first kappa shape index (κ1) is 13.7. The van der Waals surface area contributed by atoms with Crippen LogP contribution in [-0.4, -0.2) is 50.3 Å². The van der Waals surface area contributed by atoms with E-state index in [1.165, 1.54) is 0 Å². The van der Waals surface area contributed by atoms with E-state index >= 15 is 0 Å². The normalized spacial score (nSPS) is 16.8. The van der Waals surface area contributed by atoms with Gasteiger partial charge >= 0.3 is 0 Å². The molecule has 2 rings (SSSR count). The second-order valence-corrected chi connectivity index (χ2v) is 4.37. The van der Waals surface area contributed by atoms with Gasteiger partial charge in [0.1, 0.15) is 11.5 Å². The molecule has 1 fully saturated rings. The van der Waals surface area contributed by atoms with Crippen LogP contribution in [0.15, 0.2) is 24.3 Å². The van der Waals surface area contributed by atoms with E-state index in [-0.39, 0.29) is 5.91 Å². The first-order valence-corrected chi connectivity index (χ1v) is 6.38. The second kappa shape index (κ2) is 6.43. The molecule has 1 aromatic carbocycles. The Morgan fingerprint density at radius 2 is 1.79 bits per heavy atom. The first-order chi connectivity index (χ1) is 9.20. The summed E-state index contributed by atoms with van der Waals surface area (Å²) in [6, 6.07) is 7.20. The summed E-state index contributed by atoms with van der Waals surface area (Å²) < 4.78 is 15.9. The van der Waals surface area contributed by atoms with E-state index in [0.717, 1.165) is 5.75 Å². The van der Waals surface area contributed by atoms with Crippen LogP contribution in [-0.2, 0) is 9.53 Å². The molecule has 1 heterocycles. The molecular weight excluding hydrogens is 246 g/mol. The van der Waals surface area contributed by atoms with Gasteiger partial charge in [-0.2, -0.15) is 0 Å². The second-order valence-electron chi connectivity index (χ2n) is 4.37. The van der Waals surface area contributed by atoms with Gasteiger partial charge in [-0.1, -0.05) is 0 Å². The van der Waals surface area contributed by atoms with Crippen molar-refractivity contribution < 1.29 is 19.0 Å². The molecule has 0 aromatic heterocycles. The van der Waals surface area contributed by atoms with E-state index in [9.17, 15) is 4.79 Å². The van der Waals surface area contributed by atoms with Crippen molar-refractivity contribution in [3.63, 3.8) is 0 Å². The molecule has 1 saturated heterocycles. The standard InChI is InChI=1S/C14H19NO4/c1-11(14(16)15-7-9-18-10-8-15)19-13-5-3-12(17-2)4-6-13/h3-6,11H,7-10H2,1-2H3/t11-/m0/s1. The van der Waals surface area contributed by atoms with E-state index in [2.05, 4.69) is 0 Å². The summed E-state index contributed by atoms with van der Waals surface area (Å²) in [5.41, 5.74) is 0. The largest absolute Gasteiger partial charge is 0.497 e. The Morgan fingerprint density at radius 3 is 2.37 bits per heavy atom. The van der Waals surface area contributed by atoms with Crippen LogP contribution in [0, 0.1) is 0 Å². The van der Waals surface area contributed by atoms with Crippen LogP contribution in [0.1, 0.15) is 6.92 Å². The Bertz CT molecular complexity index is 412. The summed E-state index contributed by atoms with van der Waals surface area (Å²) >= 11 is 0. The maximum atomic E-state index is 12.1. The quantitative estimate of drug-likeness (QED) is 0.824. The van der Waals surface area contributed by atoms with Gasteiger partial charge in [-0.05, 0) is 31.2 Å². The molecule has 0 aliphatic carbocycles. The zero-order chi connectivity index (χ0) is 13.7. The predicted octanol–water partition coefficient (Wildman–Crippen LogP) is 1.32. The number of morpholine rings is 1. The molecule has 0 spiro atoms. The average Bonchev–Trinajstić information content (AvgIpc) is 2.48. The topological polar surface area (TPSA) is 48.0 Å². The number of hydrogen-bond acceptors (Lipinski definition) is 4. The van der Waals surface area contributed by atoms with Crippen molar-refractivity contribution in [1.29, 1.82) is 0 Å². The third-order valence-electron chi connectivity index (χ3n) is 3.04. The van der Waals surface area contributed by atoms with Gasteiger partial charge in [0.15, 0.2) is 6.10 Å². The number of rotatable bonds is 4. The van der Waals surface area contributed by atoms with E-state index in [1.54, 1.807) is 43.2 Å². The lowest BCUT2D eigenvalue weighted by Crippen LogP contribution is -2.46. The van der Waals surface area contributed by atoms with Gasteiger partial charge in [-0.25, -0.2) is 0 Å². The lowest BCUT2D eigenvalue weighted by molar-refractivity contribution is -0.142. The predicted molar refractivity (Wildman–Crippen MR) is 70.5 cm³/mol. The number of nitrogens with zero attached hydrogens (tertiary/aromatic N) is 1. The number of carbonyl (C=O) groups is 1. The molecule has 0 bridgehead atoms. The fourth-order valence-electron chi connectivity index (χ4n) is 1.95. The lowest BCUT2D eigenvalue weighted by atomic mass is 10.3. The minimum Gasteiger partial charge on any atom is -0.497 e. The van der Waals surface area contributed by atoms with Gasteiger partial charge in [-0.3, -0.25) is 4.79 Å². The Morgan fingerprint density at radius 1 is 1.21 bits per heavy atom. The van der Waals surface area contributed by atoms with Crippen molar-refractivity contribution in [1.82, 2.24) is 4.90 Å². The van der Waals surface area contributed by atoms with Crippen LogP contribution in [0.2, 0.25) is 0 Å². The summed E-state index contributed by atoms with van der Waals surface area (Å²) in [6.45, 7) is 4.23. The van der Waals surface area contributed by atoms with Crippen molar-refractivity contribution in [2.75, 3.05) is 33.4 Å². The number of carbonyl (C=O) groups excluding carboxylic acids is 1. The molecule has 1 aliphatic heterocycles. The van der Waals surface area contributed by atoms with E-state index < -0.39 is 6.10 Å². The molecule has 5 heteroatoms. The third kappa shape index (κ3) is 3.61. The third-order valence-corrected chi connectivity index (χ3v) is 3.04. The highest BCUT2D eigenvalue weighted by Gasteiger charge is 2.23. The number of methoxy groups -OCH3 is 1. The highest BCUT2D eigenvalue weighted by atomic mass is 16.5. The minimum atomic E-state index is -0.494. The number of amides is 1. The van der Waals surface area contributed by atoms with Crippen LogP contribution in [0.25, 0.3) is 0 Å². The molecule has 19 heavy (non-hydrogen) atoms.